The van der Waals surface area contributed by atoms with Gasteiger partial charge in [0.05, 0.1) is 12.6 Å². The van der Waals surface area contributed by atoms with Gasteiger partial charge in [-0.2, -0.15) is 0 Å². The van der Waals surface area contributed by atoms with Crippen LogP contribution in [-0.2, 0) is 4.79 Å². The second-order valence-electron chi connectivity index (χ2n) is 6.63. The molecule has 4 nitrogen and oxygen atoms in total. The van der Waals surface area contributed by atoms with E-state index in [2.05, 4.69) is 24.1 Å². The first-order valence-electron chi connectivity index (χ1n) is 7.92. The van der Waals surface area contributed by atoms with E-state index in [4.69, 9.17) is 0 Å². The minimum atomic E-state index is -2.83. The molecule has 1 atom stereocenters. The molecule has 6 heteroatoms. The fourth-order valence-corrected chi connectivity index (χ4v) is 3.47. The zero-order chi connectivity index (χ0) is 15.6. The number of carbonyl (C=O) groups excluding carboxylic acids is 1. The number of carbonyl (C=O) groups is 1. The molecule has 2 fully saturated rings. The van der Waals surface area contributed by atoms with Gasteiger partial charge in [-0.15, -0.1) is 0 Å². The number of amides is 1. The molecule has 0 bridgehead atoms. The molecular formula is C15H27F2N3O. The first-order valence-corrected chi connectivity index (χ1v) is 7.92. The van der Waals surface area contributed by atoms with Crippen molar-refractivity contribution in [3.05, 3.63) is 0 Å². The molecular weight excluding hydrogens is 276 g/mol. The first kappa shape index (κ1) is 16.6. The summed E-state index contributed by atoms with van der Waals surface area (Å²) in [5.74, 6) is -3.21. The van der Waals surface area contributed by atoms with Crippen molar-refractivity contribution in [2.75, 3.05) is 26.2 Å². The maximum atomic E-state index is 14.2. The Hall–Kier alpha value is -0.750. The summed E-state index contributed by atoms with van der Waals surface area (Å²) < 4.78 is 28.3. The highest BCUT2D eigenvalue weighted by Gasteiger charge is 2.46. The zero-order valence-corrected chi connectivity index (χ0v) is 13.2. The van der Waals surface area contributed by atoms with Gasteiger partial charge in [0.25, 0.3) is 5.92 Å². The lowest BCUT2D eigenvalue weighted by molar-refractivity contribution is -0.131. The van der Waals surface area contributed by atoms with Gasteiger partial charge in [0.1, 0.15) is 0 Å². The molecule has 122 valence electrons. The van der Waals surface area contributed by atoms with Crippen molar-refractivity contribution in [3.8, 4) is 0 Å². The van der Waals surface area contributed by atoms with Crippen LogP contribution < -0.4 is 5.32 Å². The largest absolute Gasteiger partial charge is 0.347 e. The van der Waals surface area contributed by atoms with Gasteiger partial charge in [-0.25, -0.2) is 8.78 Å². The topological polar surface area (TPSA) is 35.6 Å². The smallest absolute Gasteiger partial charge is 0.280 e. The lowest BCUT2D eigenvalue weighted by Gasteiger charge is -2.45. The van der Waals surface area contributed by atoms with Crippen molar-refractivity contribution in [2.24, 2.45) is 0 Å². The Kier molecular flexibility index (Phi) is 5.20. The Balaban J connectivity index is 1.88. The highest BCUT2D eigenvalue weighted by Crippen LogP contribution is 2.31. The summed E-state index contributed by atoms with van der Waals surface area (Å²) in [5.41, 5.74) is 0. The van der Waals surface area contributed by atoms with Crippen molar-refractivity contribution in [3.63, 3.8) is 0 Å². The average Bonchev–Trinajstić information content (AvgIpc) is 2.40. The number of halogens is 2. The molecule has 0 spiro atoms. The second-order valence-corrected chi connectivity index (χ2v) is 6.63. The van der Waals surface area contributed by atoms with Gasteiger partial charge in [0.15, 0.2) is 0 Å². The number of hydrogen-bond donors (Lipinski definition) is 1. The zero-order valence-electron chi connectivity index (χ0n) is 13.2. The lowest BCUT2D eigenvalue weighted by Crippen LogP contribution is -2.61. The average molecular weight is 303 g/mol. The van der Waals surface area contributed by atoms with E-state index >= 15 is 0 Å². The van der Waals surface area contributed by atoms with E-state index in [0.29, 0.717) is 19.0 Å². The fourth-order valence-electron chi connectivity index (χ4n) is 3.47. The summed E-state index contributed by atoms with van der Waals surface area (Å²) in [5, 5.41) is 2.39. The molecule has 2 saturated heterocycles. The number of nitrogens with zero attached hydrogens (tertiary/aromatic N) is 2. The molecule has 0 saturated carbocycles. The molecule has 2 heterocycles. The van der Waals surface area contributed by atoms with E-state index in [1.165, 1.54) is 6.92 Å². The van der Waals surface area contributed by atoms with Crippen LogP contribution in [0.4, 0.5) is 8.78 Å². The number of nitrogens with one attached hydrogen (secondary N) is 1. The summed E-state index contributed by atoms with van der Waals surface area (Å²) >= 11 is 0. The van der Waals surface area contributed by atoms with Crippen molar-refractivity contribution in [1.29, 1.82) is 0 Å². The van der Waals surface area contributed by atoms with Crippen LogP contribution in [0.25, 0.3) is 0 Å². The van der Waals surface area contributed by atoms with Gasteiger partial charge in [-0.1, -0.05) is 0 Å². The molecule has 0 aromatic heterocycles. The molecule has 1 N–H and O–H groups in total. The summed E-state index contributed by atoms with van der Waals surface area (Å²) in [6.45, 7) is 8.03. The second kappa shape index (κ2) is 6.57. The predicted molar refractivity (Wildman–Crippen MR) is 78.5 cm³/mol. The third kappa shape index (κ3) is 4.13. The van der Waals surface area contributed by atoms with E-state index in [9.17, 15) is 13.6 Å². The summed E-state index contributed by atoms with van der Waals surface area (Å²) in [4.78, 5) is 15.3. The fraction of sp³-hybridized carbons (Fsp3) is 0.933. The van der Waals surface area contributed by atoms with E-state index in [-0.39, 0.29) is 18.5 Å². The number of piperidine rings is 2. The van der Waals surface area contributed by atoms with E-state index in [0.717, 1.165) is 25.9 Å². The number of likely N-dealkylation sites (tertiary alicyclic amines) is 2. The van der Waals surface area contributed by atoms with Gasteiger partial charge in [0.2, 0.25) is 5.91 Å². The molecule has 1 amide bonds. The SMILES string of the molecule is CC(=O)NC1CCN(C2CCN(C(C)C)CC2)CC1(F)F. The molecule has 2 rings (SSSR count). The molecule has 0 aromatic carbocycles. The molecule has 0 aromatic rings. The molecule has 0 radical (unpaired) electrons. The highest BCUT2D eigenvalue weighted by molar-refractivity contribution is 5.73. The molecule has 1 unspecified atom stereocenters. The minimum Gasteiger partial charge on any atom is -0.347 e. The lowest BCUT2D eigenvalue weighted by atomic mass is 9.95. The number of alkyl halides is 2. The number of rotatable bonds is 3. The van der Waals surface area contributed by atoms with Gasteiger partial charge in [0, 0.05) is 25.6 Å². The maximum absolute atomic E-state index is 14.2. The molecule has 2 aliphatic rings. The van der Waals surface area contributed by atoms with Gasteiger partial charge in [-0.3, -0.25) is 9.69 Å². The Morgan fingerprint density at radius 1 is 1.19 bits per heavy atom. The molecule has 2 aliphatic heterocycles. The van der Waals surface area contributed by atoms with Gasteiger partial charge >= 0.3 is 0 Å². The normalized spacial score (nSPS) is 28.8. The van der Waals surface area contributed by atoms with Crippen LogP contribution in [-0.4, -0.2) is 65.9 Å². The maximum Gasteiger partial charge on any atom is 0.280 e. The van der Waals surface area contributed by atoms with Crippen molar-refractivity contribution in [1.82, 2.24) is 15.1 Å². The number of hydrogen-bond acceptors (Lipinski definition) is 3. The standard InChI is InChI=1S/C15H27F2N3O/c1-11(2)19-7-4-13(5-8-19)20-9-6-14(18-12(3)21)15(16,17)10-20/h11,13-14H,4-10H2,1-3H3,(H,18,21). The Bertz CT molecular complexity index is 368. The Morgan fingerprint density at radius 3 is 2.29 bits per heavy atom. The third-order valence-electron chi connectivity index (χ3n) is 4.75. The van der Waals surface area contributed by atoms with Crippen LogP contribution in [0, 0.1) is 0 Å². The van der Waals surface area contributed by atoms with E-state index < -0.39 is 12.0 Å². The van der Waals surface area contributed by atoms with Crippen LogP contribution in [0.5, 0.6) is 0 Å². The molecule has 0 aliphatic carbocycles. The minimum absolute atomic E-state index is 0.232. The quantitative estimate of drug-likeness (QED) is 0.862. The van der Waals surface area contributed by atoms with Crippen molar-refractivity contribution in [2.45, 2.75) is 64.1 Å². The van der Waals surface area contributed by atoms with E-state index in [1.54, 1.807) is 0 Å². The van der Waals surface area contributed by atoms with Crippen LogP contribution in [0.1, 0.15) is 40.0 Å². The van der Waals surface area contributed by atoms with E-state index in [1.807, 2.05) is 4.90 Å². The van der Waals surface area contributed by atoms with Crippen LogP contribution >= 0.6 is 0 Å². The van der Waals surface area contributed by atoms with Crippen LogP contribution in [0.3, 0.4) is 0 Å². The highest BCUT2D eigenvalue weighted by atomic mass is 19.3. The predicted octanol–water partition coefficient (Wildman–Crippen LogP) is 1.70. The summed E-state index contributed by atoms with van der Waals surface area (Å²) in [6.07, 6.45) is 2.25. The monoisotopic (exact) mass is 303 g/mol. The summed E-state index contributed by atoms with van der Waals surface area (Å²) in [6, 6.07) is -0.232. The van der Waals surface area contributed by atoms with Crippen molar-refractivity contribution >= 4 is 5.91 Å². The van der Waals surface area contributed by atoms with Crippen LogP contribution in [0.15, 0.2) is 0 Å². The van der Waals surface area contributed by atoms with Crippen LogP contribution in [0.2, 0.25) is 0 Å². The Morgan fingerprint density at radius 2 is 1.81 bits per heavy atom. The van der Waals surface area contributed by atoms with Gasteiger partial charge < -0.3 is 10.2 Å². The molecule has 21 heavy (non-hydrogen) atoms. The Labute approximate surface area is 125 Å². The third-order valence-corrected chi connectivity index (χ3v) is 4.75. The first-order chi connectivity index (χ1) is 9.79. The van der Waals surface area contributed by atoms with Gasteiger partial charge in [-0.05, 0) is 46.2 Å². The summed E-state index contributed by atoms with van der Waals surface area (Å²) in [7, 11) is 0. The van der Waals surface area contributed by atoms with Crippen molar-refractivity contribution < 1.29 is 13.6 Å².